The zero-order valence-electron chi connectivity index (χ0n) is 16.1. The van der Waals surface area contributed by atoms with Crippen LogP contribution in [0.2, 0.25) is 0 Å². The fourth-order valence-corrected chi connectivity index (χ4v) is 4.16. The number of pyridine rings is 2. The molecule has 1 N–H and O–H groups in total. The first kappa shape index (κ1) is 18.2. The molecule has 1 aromatic carbocycles. The van der Waals surface area contributed by atoms with Crippen LogP contribution in [0.15, 0.2) is 64.4 Å². The molecule has 1 amide bonds. The van der Waals surface area contributed by atoms with Crippen molar-refractivity contribution in [3.8, 4) is 0 Å². The summed E-state index contributed by atoms with van der Waals surface area (Å²) in [6.45, 7) is 0.900. The average molecular weight is 401 g/mol. The number of nitrogens with zero attached hydrogens (tertiary/aromatic N) is 4. The van der Waals surface area contributed by atoms with E-state index in [2.05, 4.69) is 15.0 Å². The van der Waals surface area contributed by atoms with Gasteiger partial charge in [-0.2, -0.15) is 0 Å². The minimum atomic E-state index is -0.466. The highest BCUT2D eigenvalue weighted by atomic mass is 16.2. The van der Waals surface area contributed by atoms with Crippen LogP contribution in [-0.4, -0.2) is 43.4 Å². The molecule has 0 atom stereocenters. The number of carbonyl (C=O) groups excluding carboxylic acids is 1. The number of carbonyl (C=O) groups is 1. The number of benzene rings is 1. The highest BCUT2D eigenvalue weighted by Gasteiger charge is 2.28. The number of H-pyrrole nitrogens is 1. The molecule has 1 aliphatic rings. The molecular formula is C22H19N5O3. The molecule has 0 aliphatic carbocycles. The lowest BCUT2D eigenvalue weighted by atomic mass is 10.0. The van der Waals surface area contributed by atoms with Gasteiger partial charge in [-0.05, 0) is 36.4 Å². The van der Waals surface area contributed by atoms with E-state index in [0.717, 1.165) is 10.8 Å². The molecule has 0 saturated carbocycles. The maximum Gasteiger partial charge on any atom is 0.330 e. The van der Waals surface area contributed by atoms with Gasteiger partial charge in [0.1, 0.15) is 11.3 Å². The number of piperidine rings is 1. The van der Waals surface area contributed by atoms with Gasteiger partial charge >= 0.3 is 5.69 Å². The Morgan fingerprint density at radius 1 is 0.933 bits per heavy atom. The molecule has 5 rings (SSSR count). The van der Waals surface area contributed by atoms with Gasteiger partial charge < -0.3 is 4.90 Å². The minimum Gasteiger partial charge on any atom is -0.337 e. The molecule has 8 nitrogen and oxygen atoms in total. The van der Waals surface area contributed by atoms with Crippen LogP contribution in [0, 0.1) is 0 Å². The zero-order valence-corrected chi connectivity index (χ0v) is 16.1. The van der Waals surface area contributed by atoms with Crippen molar-refractivity contribution >= 4 is 27.7 Å². The Balaban J connectivity index is 1.41. The summed E-state index contributed by atoms with van der Waals surface area (Å²) >= 11 is 0. The summed E-state index contributed by atoms with van der Waals surface area (Å²) in [6, 6.07) is 12.6. The molecule has 4 aromatic rings. The summed E-state index contributed by atoms with van der Waals surface area (Å²) in [4.78, 5) is 51.2. The van der Waals surface area contributed by atoms with Crippen LogP contribution in [0.3, 0.4) is 0 Å². The van der Waals surface area contributed by atoms with Gasteiger partial charge in [0, 0.05) is 36.9 Å². The van der Waals surface area contributed by atoms with Gasteiger partial charge in [0.05, 0.1) is 5.39 Å². The number of rotatable bonds is 2. The van der Waals surface area contributed by atoms with E-state index in [9.17, 15) is 14.4 Å². The van der Waals surface area contributed by atoms with Crippen molar-refractivity contribution < 1.29 is 4.79 Å². The molecule has 0 spiro atoms. The van der Waals surface area contributed by atoms with Crippen LogP contribution in [0.25, 0.3) is 21.8 Å². The number of hydrogen-bond donors (Lipinski definition) is 1. The third-order valence-electron chi connectivity index (χ3n) is 5.69. The zero-order chi connectivity index (χ0) is 20.7. The molecule has 1 aliphatic heterocycles. The molecule has 8 heteroatoms. The Hall–Kier alpha value is -3.81. The van der Waals surface area contributed by atoms with Crippen molar-refractivity contribution in [3.63, 3.8) is 0 Å². The van der Waals surface area contributed by atoms with E-state index in [0.29, 0.717) is 42.7 Å². The SMILES string of the molecule is O=C(c1nccc2ccccc12)N1CCC(n2c(=O)[nH]c3ncccc3c2=O)CC1. The normalized spacial score (nSPS) is 15.0. The van der Waals surface area contributed by atoms with E-state index in [1.807, 2.05) is 30.3 Å². The molecule has 0 radical (unpaired) electrons. The monoisotopic (exact) mass is 401 g/mol. The third-order valence-corrected chi connectivity index (χ3v) is 5.69. The topological polar surface area (TPSA) is 101 Å². The fraction of sp³-hybridized carbons (Fsp3) is 0.227. The molecule has 150 valence electrons. The van der Waals surface area contributed by atoms with Crippen molar-refractivity contribution in [1.29, 1.82) is 0 Å². The van der Waals surface area contributed by atoms with Crippen molar-refractivity contribution in [1.82, 2.24) is 24.4 Å². The number of aromatic amines is 1. The Morgan fingerprint density at radius 2 is 1.70 bits per heavy atom. The second kappa shape index (κ2) is 7.22. The van der Waals surface area contributed by atoms with Gasteiger partial charge in [0.25, 0.3) is 11.5 Å². The summed E-state index contributed by atoms with van der Waals surface area (Å²) in [7, 11) is 0. The Bertz CT molecular complexity index is 1380. The second-order valence-electron chi connectivity index (χ2n) is 7.41. The number of likely N-dealkylation sites (tertiary alicyclic amines) is 1. The van der Waals surface area contributed by atoms with Crippen molar-refractivity contribution in [3.05, 3.63) is 81.4 Å². The van der Waals surface area contributed by atoms with Crippen LogP contribution in [0.4, 0.5) is 0 Å². The smallest absolute Gasteiger partial charge is 0.330 e. The summed E-state index contributed by atoms with van der Waals surface area (Å²) in [5.41, 5.74) is -0.0919. The van der Waals surface area contributed by atoms with Crippen molar-refractivity contribution in [2.75, 3.05) is 13.1 Å². The molecule has 4 heterocycles. The lowest BCUT2D eigenvalue weighted by molar-refractivity contribution is 0.0688. The summed E-state index contributed by atoms with van der Waals surface area (Å²) in [5.74, 6) is -0.130. The molecule has 3 aromatic heterocycles. The first-order chi connectivity index (χ1) is 14.6. The molecule has 1 fully saturated rings. The highest BCUT2D eigenvalue weighted by molar-refractivity contribution is 6.05. The molecular weight excluding hydrogens is 382 g/mol. The van der Waals surface area contributed by atoms with Crippen molar-refractivity contribution in [2.24, 2.45) is 0 Å². The van der Waals surface area contributed by atoms with Crippen LogP contribution >= 0.6 is 0 Å². The predicted octanol–water partition coefficient (Wildman–Crippen LogP) is 2.11. The number of hydrogen-bond acceptors (Lipinski definition) is 5. The molecule has 0 bridgehead atoms. The van der Waals surface area contributed by atoms with Crippen LogP contribution in [0.1, 0.15) is 29.4 Å². The summed E-state index contributed by atoms with van der Waals surface area (Å²) < 4.78 is 1.27. The quantitative estimate of drug-likeness (QED) is 0.554. The Labute approximate surface area is 170 Å². The van der Waals surface area contributed by atoms with Crippen LogP contribution < -0.4 is 11.2 Å². The third kappa shape index (κ3) is 2.97. The number of fused-ring (bicyclic) bond motifs is 2. The first-order valence-corrected chi connectivity index (χ1v) is 9.86. The van der Waals surface area contributed by atoms with Gasteiger partial charge in [-0.1, -0.05) is 24.3 Å². The number of amides is 1. The van der Waals surface area contributed by atoms with Crippen LogP contribution in [-0.2, 0) is 0 Å². The fourth-order valence-electron chi connectivity index (χ4n) is 4.16. The predicted molar refractivity (Wildman–Crippen MR) is 113 cm³/mol. The molecule has 30 heavy (non-hydrogen) atoms. The Morgan fingerprint density at radius 3 is 2.53 bits per heavy atom. The Kier molecular flexibility index (Phi) is 4.39. The lowest BCUT2D eigenvalue weighted by Crippen LogP contribution is -2.45. The minimum absolute atomic E-state index is 0.130. The number of aromatic nitrogens is 4. The van der Waals surface area contributed by atoms with E-state index in [1.165, 1.54) is 10.8 Å². The van der Waals surface area contributed by atoms with E-state index >= 15 is 0 Å². The molecule has 0 unspecified atom stereocenters. The average Bonchev–Trinajstić information content (AvgIpc) is 2.79. The summed E-state index contributed by atoms with van der Waals surface area (Å²) in [6.07, 6.45) is 4.22. The van der Waals surface area contributed by atoms with Gasteiger partial charge in [-0.3, -0.25) is 24.1 Å². The van der Waals surface area contributed by atoms with Gasteiger partial charge in [-0.15, -0.1) is 0 Å². The maximum atomic E-state index is 13.1. The lowest BCUT2D eigenvalue weighted by Gasteiger charge is -2.32. The second-order valence-corrected chi connectivity index (χ2v) is 7.41. The van der Waals surface area contributed by atoms with E-state index in [-0.39, 0.29) is 17.5 Å². The van der Waals surface area contributed by atoms with Gasteiger partial charge in [-0.25, -0.2) is 9.78 Å². The van der Waals surface area contributed by atoms with Gasteiger partial charge in [0.15, 0.2) is 0 Å². The number of nitrogens with one attached hydrogen (secondary N) is 1. The molecule has 1 saturated heterocycles. The standard InChI is InChI=1S/C22H19N5O3/c28-20-17-6-3-10-24-19(17)25-22(30)27(20)15-8-12-26(13-9-15)21(29)18-16-5-2-1-4-14(16)7-11-23-18/h1-7,10-11,15H,8-9,12-13H2,(H,24,25,30). The largest absolute Gasteiger partial charge is 0.337 e. The maximum absolute atomic E-state index is 13.1. The highest BCUT2D eigenvalue weighted by Crippen LogP contribution is 2.24. The first-order valence-electron chi connectivity index (χ1n) is 9.86. The van der Waals surface area contributed by atoms with E-state index < -0.39 is 5.69 Å². The van der Waals surface area contributed by atoms with E-state index in [4.69, 9.17) is 0 Å². The van der Waals surface area contributed by atoms with Crippen LogP contribution in [0.5, 0.6) is 0 Å². The van der Waals surface area contributed by atoms with E-state index in [1.54, 1.807) is 23.2 Å². The van der Waals surface area contributed by atoms with Gasteiger partial charge in [0.2, 0.25) is 0 Å². The summed E-state index contributed by atoms with van der Waals surface area (Å²) in [5, 5.41) is 2.17. The van der Waals surface area contributed by atoms with Crippen molar-refractivity contribution in [2.45, 2.75) is 18.9 Å².